The number of aliphatic carboxylic acids is 1. The van der Waals surface area contributed by atoms with E-state index in [2.05, 4.69) is 42.7 Å². The lowest BCUT2D eigenvalue weighted by Crippen LogP contribution is -2.46. The second-order valence-electron chi connectivity index (χ2n) is 14.9. The SMILES string of the molecule is C[C@H](NC(=O)c1cccc(NC2(c3nnc(-c4ccncc4)[nH]3)CCN(C)CC2)c1)c1ccc(OCCCCCCOCCOCCOCCCCCC(=O)O)cc1. The average Bonchev–Trinajstić information content (AvgIpc) is 3.75. The predicted molar refractivity (Wildman–Crippen MR) is 223 cm³/mol. The van der Waals surface area contributed by atoms with Crippen LogP contribution in [0, 0.1) is 0 Å². The number of carboxylic acid groups (broad SMARTS) is 1. The number of aromatic amines is 1. The number of amides is 1. The molecule has 4 aromatic rings. The van der Waals surface area contributed by atoms with Gasteiger partial charge in [0.25, 0.3) is 5.91 Å². The highest BCUT2D eigenvalue weighted by Crippen LogP contribution is 2.35. The Bertz CT molecular complexity index is 1780. The number of rotatable bonds is 27. The number of benzene rings is 2. The van der Waals surface area contributed by atoms with E-state index >= 15 is 0 Å². The summed E-state index contributed by atoms with van der Waals surface area (Å²) in [5.74, 6) is 1.40. The van der Waals surface area contributed by atoms with Crippen molar-refractivity contribution in [1.82, 2.24) is 30.4 Å². The zero-order chi connectivity index (χ0) is 40.8. The molecule has 1 aliphatic rings. The van der Waals surface area contributed by atoms with Gasteiger partial charge in [-0.15, -0.1) is 10.2 Å². The number of aromatic nitrogens is 4. The van der Waals surface area contributed by atoms with Gasteiger partial charge in [0.2, 0.25) is 0 Å². The Morgan fingerprint density at radius 2 is 1.45 bits per heavy atom. The van der Waals surface area contributed by atoms with Crippen LogP contribution in [-0.2, 0) is 24.5 Å². The van der Waals surface area contributed by atoms with Gasteiger partial charge in [0.15, 0.2) is 11.6 Å². The van der Waals surface area contributed by atoms with E-state index in [1.165, 1.54) is 0 Å². The molecule has 0 spiro atoms. The molecular weight excluding hydrogens is 739 g/mol. The van der Waals surface area contributed by atoms with E-state index in [1.807, 2.05) is 67.6 Å². The van der Waals surface area contributed by atoms with Gasteiger partial charge < -0.3 is 44.6 Å². The quantitative estimate of drug-likeness (QED) is 0.0455. The first-order valence-electron chi connectivity index (χ1n) is 20.7. The van der Waals surface area contributed by atoms with Gasteiger partial charge >= 0.3 is 5.97 Å². The van der Waals surface area contributed by atoms with Crippen molar-refractivity contribution < 1.29 is 33.6 Å². The van der Waals surface area contributed by atoms with Crippen molar-refractivity contribution >= 4 is 17.6 Å². The first-order valence-corrected chi connectivity index (χ1v) is 20.7. The summed E-state index contributed by atoms with van der Waals surface area (Å²) in [5.41, 5.74) is 2.89. The fourth-order valence-corrected chi connectivity index (χ4v) is 6.82. The molecule has 14 nitrogen and oxygen atoms in total. The average molecular weight is 800 g/mol. The maximum Gasteiger partial charge on any atom is 0.303 e. The predicted octanol–water partition coefficient (Wildman–Crippen LogP) is 7.02. The molecular formula is C44H61N7O7. The van der Waals surface area contributed by atoms with E-state index in [0.29, 0.717) is 64.1 Å². The minimum absolute atomic E-state index is 0.145. The van der Waals surface area contributed by atoms with E-state index in [1.54, 1.807) is 12.4 Å². The summed E-state index contributed by atoms with van der Waals surface area (Å²) in [4.78, 5) is 33.8. The van der Waals surface area contributed by atoms with Crippen molar-refractivity contribution in [3.8, 4) is 17.1 Å². The van der Waals surface area contributed by atoms with Crippen LogP contribution in [0.1, 0.15) is 98.9 Å². The van der Waals surface area contributed by atoms with E-state index in [4.69, 9.17) is 24.1 Å². The highest BCUT2D eigenvalue weighted by atomic mass is 16.5. The smallest absolute Gasteiger partial charge is 0.303 e. The number of pyridine rings is 1. The van der Waals surface area contributed by atoms with Crippen molar-refractivity contribution in [3.05, 3.63) is 90.0 Å². The third-order valence-electron chi connectivity index (χ3n) is 10.3. The summed E-state index contributed by atoms with van der Waals surface area (Å²) < 4.78 is 22.7. The van der Waals surface area contributed by atoms with Gasteiger partial charge in [0, 0.05) is 61.9 Å². The first kappa shape index (κ1) is 44.2. The number of hydrogen-bond donors (Lipinski definition) is 4. The number of ether oxygens (including phenoxy) is 4. The topological polar surface area (TPSA) is 173 Å². The van der Waals surface area contributed by atoms with Crippen molar-refractivity contribution in [2.45, 2.75) is 82.7 Å². The maximum atomic E-state index is 13.5. The molecule has 14 heteroatoms. The molecule has 1 aliphatic heterocycles. The molecule has 0 radical (unpaired) electrons. The van der Waals surface area contributed by atoms with E-state index < -0.39 is 11.5 Å². The minimum Gasteiger partial charge on any atom is -0.494 e. The van der Waals surface area contributed by atoms with E-state index in [-0.39, 0.29) is 18.4 Å². The Morgan fingerprint density at radius 3 is 2.12 bits per heavy atom. The Balaban J connectivity index is 0.954. The Kier molecular flexibility index (Phi) is 18.4. The van der Waals surface area contributed by atoms with Crippen molar-refractivity contribution in [3.63, 3.8) is 0 Å². The molecule has 3 heterocycles. The lowest BCUT2D eigenvalue weighted by Gasteiger charge is -2.40. The lowest BCUT2D eigenvalue weighted by molar-refractivity contribution is -0.137. The molecule has 58 heavy (non-hydrogen) atoms. The summed E-state index contributed by atoms with van der Waals surface area (Å²) in [6, 6.07) is 19.2. The summed E-state index contributed by atoms with van der Waals surface area (Å²) in [5, 5.41) is 24.6. The van der Waals surface area contributed by atoms with Gasteiger partial charge in [0.05, 0.1) is 44.6 Å². The number of nitrogens with zero attached hydrogens (tertiary/aromatic N) is 4. The molecule has 0 bridgehead atoms. The molecule has 1 atom stereocenters. The summed E-state index contributed by atoms with van der Waals surface area (Å²) in [6.07, 6.45) is 11.9. The molecule has 4 N–H and O–H groups in total. The number of carbonyl (C=O) groups excluding carboxylic acids is 1. The molecule has 2 aromatic carbocycles. The van der Waals surface area contributed by atoms with Crippen LogP contribution in [0.4, 0.5) is 5.69 Å². The molecule has 5 rings (SSSR count). The molecule has 1 amide bonds. The normalized spacial score (nSPS) is 14.5. The van der Waals surface area contributed by atoms with Crippen LogP contribution in [0.5, 0.6) is 5.75 Å². The standard InChI is InChI=1S/C44H61N7O7/c1-34(35-14-16-39(17-15-35)58-28-9-4-3-7-26-55-29-31-57-32-30-56-27-8-5-6-13-40(52)53)46-42(54)37-11-10-12-38(33-37)48-44(20-24-51(2)25-21-44)43-47-41(49-50-43)36-18-22-45-23-19-36/h10-12,14-19,22-23,33-34,48H,3-9,13,20-21,24-32H2,1-2H3,(H,46,54)(H,52,53)(H,47,49,50)/t34-/m0/s1. The number of likely N-dealkylation sites (tertiary alicyclic amines) is 1. The summed E-state index contributed by atoms with van der Waals surface area (Å²) >= 11 is 0. The Hall–Kier alpha value is -4.89. The lowest BCUT2D eigenvalue weighted by atomic mass is 9.86. The number of H-pyrrole nitrogens is 1. The molecule has 0 unspecified atom stereocenters. The monoisotopic (exact) mass is 799 g/mol. The molecule has 314 valence electrons. The first-order chi connectivity index (χ1) is 28.3. The molecule has 2 aromatic heterocycles. The van der Waals surface area contributed by atoms with Gasteiger partial charge in [-0.2, -0.15) is 0 Å². The number of hydrogen-bond acceptors (Lipinski definition) is 11. The fraction of sp³-hybridized carbons (Fsp3) is 0.523. The van der Waals surface area contributed by atoms with Crippen LogP contribution in [0.25, 0.3) is 11.4 Å². The van der Waals surface area contributed by atoms with Crippen LogP contribution in [0.2, 0.25) is 0 Å². The van der Waals surface area contributed by atoms with Gasteiger partial charge in [-0.1, -0.05) is 31.0 Å². The second-order valence-corrected chi connectivity index (χ2v) is 14.9. The van der Waals surface area contributed by atoms with Crippen molar-refractivity contribution in [1.29, 1.82) is 0 Å². The number of carbonyl (C=O) groups is 2. The summed E-state index contributed by atoms with van der Waals surface area (Å²) in [6.45, 7) is 7.97. The molecule has 0 saturated carbocycles. The maximum absolute atomic E-state index is 13.5. The zero-order valence-electron chi connectivity index (χ0n) is 34.1. The van der Waals surface area contributed by atoms with Gasteiger partial charge in [-0.3, -0.25) is 14.6 Å². The van der Waals surface area contributed by atoms with Gasteiger partial charge in [0.1, 0.15) is 5.75 Å². The fourth-order valence-electron chi connectivity index (χ4n) is 6.82. The minimum atomic E-state index is -0.746. The molecule has 1 fully saturated rings. The van der Waals surface area contributed by atoms with Crippen LogP contribution in [0.15, 0.2) is 73.1 Å². The van der Waals surface area contributed by atoms with Gasteiger partial charge in [-0.25, -0.2) is 0 Å². The zero-order valence-corrected chi connectivity index (χ0v) is 34.1. The highest BCUT2D eigenvalue weighted by Gasteiger charge is 2.39. The van der Waals surface area contributed by atoms with E-state index in [9.17, 15) is 9.59 Å². The largest absolute Gasteiger partial charge is 0.494 e. The van der Waals surface area contributed by atoms with Crippen molar-refractivity contribution in [2.75, 3.05) is 71.7 Å². The Labute approximate surface area is 342 Å². The molecule has 0 aliphatic carbocycles. The van der Waals surface area contributed by atoms with Crippen molar-refractivity contribution in [2.24, 2.45) is 0 Å². The highest BCUT2D eigenvalue weighted by molar-refractivity contribution is 5.95. The number of anilines is 1. The van der Waals surface area contributed by atoms with Crippen LogP contribution in [-0.4, -0.2) is 108 Å². The number of nitrogens with one attached hydrogen (secondary N) is 3. The summed E-state index contributed by atoms with van der Waals surface area (Å²) in [7, 11) is 2.13. The Morgan fingerprint density at radius 1 is 0.810 bits per heavy atom. The number of unbranched alkanes of at least 4 members (excludes halogenated alkanes) is 5. The third-order valence-corrected chi connectivity index (χ3v) is 10.3. The van der Waals surface area contributed by atoms with Gasteiger partial charge in [-0.05, 0) is 107 Å². The van der Waals surface area contributed by atoms with E-state index in [0.717, 1.165) is 92.8 Å². The number of carboxylic acids is 1. The van der Waals surface area contributed by atoms with Crippen LogP contribution in [0.3, 0.4) is 0 Å². The number of piperidine rings is 1. The van der Waals surface area contributed by atoms with Crippen LogP contribution < -0.4 is 15.4 Å². The third kappa shape index (κ3) is 14.8. The second kappa shape index (κ2) is 24.1. The molecule has 1 saturated heterocycles. The van der Waals surface area contributed by atoms with Crippen LogP contribution >= 0.6 is 0 Å².